The molecule has 0 spiro atoms. The van der Waals surface area contributed by atoms with E-state index in [0.29, 0.717) is 5.56 Å². The molecule has 20 heavy (non-hydrogen) atoms. The van der Waals surface area contributed by atoms with Gasteiger partial charge in [-0.15, -0.1) is 0 Å². The van der Waals surface area contributed by atoms with Crippen molar-refractivity contribution in [3.8, 4) is 5.75 Å². The lowest BCUT2D eigenvalue weighted by atomic mass is 9.94. The highest BCUT2D eigenvalue weighted by Gasteiger charge is 2.28. The van der Waals surface area contributed by atoms with Gasteiger partial charge in [-0.3, -0.25) is 20.2 Å². The largest absolute Gasteiger partial charge is 0.502 e. The zero-order valence-corrected chi connectivity index (χ0v) is 12.3. The minimum atomic E-state index is -0.834. The summed E-state index contributed by atoms with van der Waals surface area (Å²) in [5.74, 6) is -0.716. The molecule has 112 valence electrons. The number of nitro benzene ring substituents is 2. The first-order valence-electron chi connectivity index (χ1n) is 6.34. The molecule has 0 bridgehead atoms. The summed E-state index contributed by atoms with van der Waals surface area (Å²) >= 11 is 0. The van der Waals surface area contributed by atoms with E-state index < -0.39 is 21.3 Å². The summed E-state index contributed by atoms with van der Waals surface area (Å²) in [5.41, 5.74) is -0.473. The average Bonchev–Trinajstić information content (AvgIpc) is 2.31. The minimum absolute atomic E-state index is 0.181. The Balaban J connectivity index is 0.00000110. The third-order valence-electron chi connectivity index (χ3n) is 2.52. The molecule has 0 fully saturated rings. The maximum absolute atomic E-state index is 10.9. The predicted molar refractivity (Wildman–Crippen MR) is 76.2 cm³/mol. The topological polar surface area (TPSA) is 107 Å². The van der Waals surface area contributed by atoms with Crippen molar-refractivity contribution in [3.05, 3.63) is 37.4 Å². The van der Waals surface area contributed by atoms with Crippen molar-refractivity contribution in [3.63, 3.8) is 0 Å². The van der Waals surface area contributed by atoms with Crippen molar-refractivity contribution in [2.45, 2.75) is 47.0 Å². The zero-order valence-electron chi connectivity index (χ0n) is 12.3. The molecule has 1 aromatic rings. The first-order chi connectivity index (χ1) is 9.18. The van der Waals surface area contributed by atoms with Crippen LogP contribution in [0, 0.1) is 27.2 Å². The minimum Gasteiger partial charge on any atom is -0.502 e. The Kier molecular flexibility index (Phi) is 6.61. The second kappa shape index (κ2) is 7.42. The average molecular weight is 284 g/mol. The van der Waals surface area contributed by atoms with E-state index >= 15 is 0 Å². The van der Waals surface area contributed by atoms with Crippen molar-refractivity contribution < 1.29 is 15.0 Å². The summed E-state index contributed by atoms with van der Waals surface area (Å²) in [6.07, 6.45) is 1.25. The molecule has 0 aliphatic heterocycles. The Morgan fingerprint density at radius 1 is 1.15 bits per heavy atom. The number of benzene rings is 1. The van der Waals surface area contributed by atoms with Crippen LogP contribution in [0.3, 0.4) is 0 Å². The molecule has 0 atom stereocenters. The number of rotatable bonds is 3. The summed E-state index contributed by atoms with van der Waals surface area (Å²) in [5, 5.41) is 31.2. The summed E-state index contributed by atoms with van der Waals surface area (Å²) in [6, 6.07) is 0.803. The van der Waals surface area contributed by atoms with E-state index in [0.717, 1.165) is 6.07 Å². The normalized spacial score (nSPS) is 9.90. The summed E-state index contributed by atoms with van der Waals surface area (Å²) in [6.45, 7) is 9.13. The number of phenolic OH excluding ortho intramolecular Hbond substituents is 1. The lowest BCUT2D eigenvalue weighted by molar-refractivity contribution is -0.395. The van der Waals surface area contributed by atoms with Crippen LogP contribution >= 0.6 is 0 Å². The van der Waals surface area contributed by atoms with E-state index in [1.54, 1.807) is 13.8 Å². The molecule has 0 aliphatic carbocycles. The summed E-state index contributed by atoms with van der Waals surface area (Å²) < 4.78 is 0. The molecule has 0 radical (unpaired) electrons. The van der Waals surface area contributed by atoms with E-state index in [9.17, 15) is 25.3 Å². The van der Waals surface area contributed by atoms with Crippen LogP contribution < -0.4 is 0 Å². The van der Waals surface area contributed by atoms with Gasteiger partial charge in [-0.1, -0.05) is 34.1 Å². The van der Waals surface area contributed by atoms with Crippen molar-refractivity contribution in [2.24, 2.45) is 0 Å². The summed E-state index contributed by atoms with van der Waals surface area (Å²) in [7, 11) is 0. The Bertz CT molecular complexity index is 512. The van der Waals surface area contributed by atoms with Gasteiger partial charge in [0, 0.05) is 11.1 Å². The zero-order chi connectivity index (χ0) is 16.0. The fourth-order valence-electron chi connectivity index (χ4n) is 1.81. The third kappa shape index (κ3) is 3.91. The first kappa shape index (κ1) is 17.8. The molecule has 7 heteroatoms. The van der Waals surface area contributed by atoms with E-state index in [-0.39, 0.29) is 17.2 Å². The van der Waals surface area contributed by atoms with Gasteiger partial charge in [0.05, 0.1) is 15.9 Å². The van der Waals surface area contributed by atoms with E-state index in [2.05, 4.69) is 13.8 Å². The third-order valence-corrected chi connectivity index (χ3v) is 2.52. The number of hydrogen-bond acceptors (Lipinski definition) is 5. The van der Waals surface area contributed by atoms with E-state index in [4.69, 9.17) is 0 Å². The second-order valence-electron chi connectivity index (χ2n) is 4.68. The van der Waals surface area contributed by atoms with Gasteiger partial charge in [-0.05, 0) is 12.8 Å². The van der Waals surface area contributed by atoms with Crippen LogP contribution in [0.25, 0.3) is 0 Å². The van der Waals surface area contributed by atoms with Gasteiger partial charge >= 0.3 is 5.69 Å². The van der Waals surface area contributed by atoms with Crippen molar-refractivity contribution in [1.29, 1.82) is 0 Å². The lowest BCUT2D eigenvalue weighted by Gasteiger charge is -2.11. The highest BCUT2D eigenvalue weighted by Crippen LogP contribution is 2.40. The van der Waals surface area contributed by atoms with Crippen molar-refractivity contribution in [1.82, 2.24) is 0 Å². The van der Waals surface area contributed by atoms with Gasteiger partial charge in [-0.25, -0.2) is 0 Å². The Morgan fingerprint density at radius 2 is 1.55 bits per heavy atom. The second-order valence-corrected chi connectivity index (χ2v) is 4.68. The van der Waals surface area contributed by atoms with Crippen LogP contribution in [-0.4, -0.2) is 15.0 Å². The van der Waals surface area contributed by atoms with Crippen molar-refractivity contribution in [2.75, 3.05) is 0 Å². The smallest absolute Gasteiger partial charge is 0.317 e. The van der Waals surface area contributed by atoms with Gasteiger partial charge < -0.3 is 5.11 Å². The molecule has 1 aromatic carbocycles. The van der Waals surface area contributed by atoms with Crippen LogP contribution in [0.4, 0.5) is 11.4 Å². The monoisotopic (exact) mass is 284 g/mol. The molecule has 1 rings (SSSR count). The first-order valence-corrected chi connectivity index (χ1v) is 6.34. The molecule has 0 aliphatic rings. The molecule has 0 aromatic heterocycles. The van der Waals surface area contributed by atoms with Crippen LogP contribution in [-0.2, 0) is 0 Å². The fourth-order valence-corrected chi connectivity index (χ4v) is 1.81. The molecule has 1 N–H and O–H groups in total. The molecular formula is C13H20N2O5. The molecular weight excluding hydrogens is 264 g/mol. The van der Waals surface area contributed by atoms with Gasteiger partial charge in [0.2, 0.25) is 0 Å². The van der Waals surface area contributed by atoms with Crippen LogP contribution in [0.15, 0.2) is 6.07 Å². The molecule has 7 nitrogen and oxygen atoms in total. The van der Waals surface area contributed by atoms with Crippen LogP contribution in [0.2, 0.25) is 0 Å². The molecule has 0 saturated heterocycles. The Hall–Kier alpha value is -2.18. The lowest BCUT2D eigenvalue weighted by Crippen LogP contribution is -2.03. The molecule has 0 unspecified atom stereocenters. The van der Waals surface area contributed by atoms with Crippen LogP contribution in [0.1, 0.15) is 51.2 Å². The van der Waals surface area contributed by atoms with Gasteiger partial charge in [0.1, 0.15) is 0 Å². The standard InChI is InChI=1S/C10H12N2O5.C3H8/c1-5(2)9-6(3)10(13)8(12(16)17)4-7(9)11(14)15;1-3-2/h4-5,13H,1-3H3;3H2,1-2H3. The Morgan fingerprint density at radius 3 is 1.85 bits per heavy atom. The molecule has 0 saturated carbocycles. The number of nitrogens with zero attached hydrogens (tertiary/aromatic N) is 2. The number of nitro groups is 2. The highest BCUT2D eigenvalue weighted by atomic mass is 16.6. The number of phenols is 1. The quantitative estimate of drug-likeness (QED) is 0.665. The van der Waals surface area contributed by atoms with Gasteiger partial charge in [0.25, 0.3) is 5.69 Å². The van der Waals surface area contributed by atoms with Crippen molar-refractivity contribution >= 4 is 11.4 Å². The van der Waals surface area contributed by atoms with E-state index in [1.807, 2.05) is 0 Å². The number of hydrogen-bond donors (Lipinski definition) is 1. The molecule has 0 heterocycles. The predicted octanol–water partition coefficient (Wildman–Crippen LogP) is 4.06. The maximum Gasteiger partial charge on any atom is 0.317 e. The van der Waals surface area contributed by atoms with Gasteiger partial charge in [-0.2, -0.15) is 0 Å². The Labute approximate surface area is 117 Å². The summed E-state index contributed by atoms with van der Waals surface area (Å²) in [4.78, 5) is 20.0. The molecule has 0 amide bonds. The van der Waals surface area contributed by atoms with Crippen LogP contribution in [0.5, 0.6) is 5.75 Å². The fraction of sp³-hybridized carbons (Fsp3) is 0.538. The van der Waals surface area contributed by atoms with Gasteiger partial charge in [0.15, 0.2) is 5.75 Å². The SMILES string of the molecule is CCC.Cc1c(O)c([N+](=O)[O-])cc([N+](=O)[O-])c1C(C)C. The van der Waals surface area contributed by atoms with E-state index in [1.165, 1.54) is 13.3 Å². The highest BCUT2D eigenvalue weighted by molar-refractivity contribution is 5.63. The maximum atomic E-state index is 10.9. The number of aromatic hydroxyl groups is 1.